The number of hydrogen-bond donors (Lipinski definition) is 1. The van der Waals surface area contributed by atoms with Crippen molar-refractivity contribution in [3.8, 4) is 22.7 Å². The normalized spacial score (nSPS) is 11.6. The average molecular weight is 523 g/mol. The van der Waals surface area contributed by atoms with Gasteiger partial charge in [0.25, 0.3) is 0 Å². The van der Waals surface area contributed by atoms with E-state index in [2.05, 4.69) is 10.3 Å². The van der Waals surface area contributed by atoms with Crippen molar-refractivity contribution in [3.63, 3.8) is 0 Å². The molecule has 3 aromatic carbocycles. The monoisotopic (exact) mass is 522 g/mol. The molecule has 10 heteroatoms. The fourth-order valence-corrected chi connectivity index (χ4v) is 5.34. The van der Waals surface area contributed by atoms with Crippen LogP contribution in [-0.4, -0.2) is 47.9 Å². The summed E-state index contributed by atoms with van der Waals surface area (Å²) in [5.74, 6) is -0.260. The summed E-state index contributed by atoms with van der Waals surface area (Å²) in [5.41, 5.74) is 1.99. The smallest absolute Gasteiger partial charge is 0.243 e. The summed E-state index contributed by atoms with van der Waals surface area (Å²) in [4.78, 5) is 17.8. The number of ether oxygens (including phenoxy) is 1. The highest BCUT2D eigenvalue weighted by Gasteiger charge is 2.29. The third kappa shape index (κ3) is 5.87. The number of imidazole rings is 1. The van der Waals surface area contributed by atoms with Gasteiger partial charge in [-0.05, 0) is 62.4 Å². The lowest BCUT2D eigenvalue weighted by Gasteiger charge is -2.25. The van der Waals surface area contributed by atoms with Gasteiger partial charge in [0.15, 0.2) is 0 Å². The minimum atomic E-state index is -3.97. The number of methoxy groups -OCH3 is 1. The summed E-state index contributed by atoms with van der Waals surface area (Å²) in [6, 6.07) is 20.6. The van der Waals surface area contributed by atoms with Crippen LogP contribution in [0.5, 0.6) is 5.75 Å². The number of hydrogen-bond acceptors (Lipinski definition) is 5. The lowest BCUT2D eigenvalue weighted by Crippen LogP contribution is -2.42. The summed E-state index contributed by atoms with van der Waals surface area (Å²) in [6.07, 6.45) is 1.73. The first-order valence-electron chi connectivity index (χ1n) is 11.6. The van der Waals surface area contributed by atoms with Crippen molar-refractivity contribution in [1.29, 1.82) is 0 Å². The minimum absolute atomic E-state index is 0.0500. The van der Waals surface area contributed by atoms with E-state index >= 15 is 0 Å². The number of carbonyl (C=O) groups is 1. The van der Waals surface area contributed by atoms with Gasteiger partial charge >= 0.3 is 0 Å². The number of amides is 1. The first kappa shape index (κ1) is 26.1. The second kappa shape index (κ2) is 10.9. The number of sulfonamides is 1. The van der Waals surface area contributed by atoms with Crippen LogP contribution in [0.4, 0.5) is 10.3 Å². The zero-order valence-electron chi connectivity index (χ0n) is 20.6. The van der Waals surface area contributed by atoms with Gasteiger partial charge in [-0.25, -0.2) is 17.8 Å². The molecule has 37 heavy (non-hydrogen) atoms. The first-order valence-corrected chi connectivity index (χ1v) is 13.0. The number of carbonyl (C=O) groups excluding carboxylic acids is 1. The van der Waals surface area contributed by atoms with Crippen LogP contribution in [0.25, 0.3) is 16.9 Å². The van der Waals surface area contributed by atoms with E-state index in [0.717, 1.165) is 9.87 Å². The first-order chi connectivity index (χ1) is 17.7. The summed E-state index contributed by atoms with van der Waals surface area (Å²) < 4.78 is 48.0. The fraction of sp³-hybridized carbons (Fsp3) is 0.185. The number of benzene rings is 3. The highest BCUT2D eigenvalue weighted by atomic mass is 32.2. The fourth-order valence-electron chi connectivity index (χ4n) is 3.75. The van der Waals surface area contributed by atoms with E-state index in [1.54, 1.807) is 48.9 Å². The standard InChI is InChI=1S/C27H27FN4O4S/c1-19(2)32(37(34,35)24-15-13-23(36-3)14-16-24)18-26(33)30-27-29-25(20-7-5-4-6-8-20)17-31(27)22-11-9-21(28)10-12-22/h4-17,19H,18H2,1-3H3,(H,29,30,33). The number of anilines is 1. The van der Waals surface area contributed by atoms with Crippen molar-refractivity contribution in [2.45, 2.75) is 24.8 Å². The molecule has 1 aromatic heterocycles. The van der Waals surface area contributed by atoms with Crippen molar-refractivity contribution in [2.24, 2.45) is 0 Å². The quantitative estimate of drug-likeness (QED) is 0.343. The number of nitrogens with zero attached hydrogens (tertiary/aromatic N) is 3. The molecule has 0 aliphatic carbocycles. The van der Waals surface area contributed by atoms with Crippen LogP contribution in [0.3, 0.4) is 0 Å². The van der Waals surface area contributed by atoms with Crippen molar-refractivity contribution in [1.82, 2.24) is 13.9 Å². The van der Waals surface area contributed by atoms with Gasteiger partial charge in [0.2, 0.25) is 21.9 Å². The Morgan fingerprint density at radius 3 is 2.27 bits per heavy atom. The van der Waals surface area contributed by atoms with Gasteiger partial charge in [-0.1, -0.05) is 30.3 Å². The van der Waals surface area contributed by atoms with E-state index in [1.165, 1.54) is 31.4 Å². The lowest BCUT2D eigenvalue weighted by molar-refractivity contribution is -0.116. The van der Waals surface area contributed by atoms with Gasteiger partial charge in [0.05, 0.1) is 24.2 Å². The van der Waals surface area contributed by atoms with Crippen LogP contribution in [0.15, 0.2) is 90.0 Å². The van der Waals surface area contributed by atoms with Crippen molar-refractivity contribution in [3.05, 3.63) is 90.9 Å². The molecule has 8 nitrogen and oxygen atoms in total. The van der Waals surface area contributed by atoms with Crippen LogP contribution in [0, 0.1) is 5.82 Å². The molecule has 1 heterocycles. The maximum absolute atomic E-state index is 13.5. The topological polar surface area (TPSA) is 93.5 Å². The Balaban J connectivity index is 1.63. The van der Waals surface area contributed by atoms with Crippen LogP contribution < -0.4 is 10.1 Å². The molecule has 0 radical (unpaired) electrons. The molecule has 0 saturated carbocycles. The second-order valence-corrected chi connectivity index (χ2v) is 10.4. The number of aromatic nitrogens is 2. The number of halogens is 1. The molecule has 0 saturated heterocycles. The predicted molar refractivity (Wildman–Crippen MR) is 140 cm³/mol. The Kier molecular flexibility index (Phi) is 7.70. The zero-order valence-corrected chi connectivity index (χ0v) is 21.4. The van der Waals surface area contributed by atoms with Crippen LogP contribution in [0.2, 0.25) is 0 Å². The number of nitrogens with one attached hydrogen (secondary N) is 1. The lowest BCUT2D eigenvalue weighted by atomic mass is 10.2. The van der Waals surface area contributed by atoms with Gasteiger partial charge in [-0.2, -0.15) is 4.31 Å². The Morgan fingerprint density at radius 2 is 1.68 bits per heavy atom. The maximum Gasteiger partial charge on any atom is 0.243 e. The van der Waals surface area contributed by atoms with Crippen LogP contribution in [0.1, 0.15) is 13.8 Å². The van der Waals surface area contributed by atoms with Gasteiger partial charge in [-0.15, -0.1) is 0 Å². The van der Waals surface area contributed by atoms with E-state index in [-0.39, 0.29) is 10.8 Å². The molecule has 4 rings (SSSR count). The largest absolute Gasteiger partial charge is 0.497 e. The molecule has 1 amide bonds. The van der Waals surface area contributed by atoms with E-state index < -0.39 is 34.3 Å². The number of rotatable bonds is 9. The van der Waals surface area contributed by atoms with Crippen LogP contribution in [-0.2, 0) is 14.8 Å². The Labute approximate surface area is 215 Å². The average Bonchev–Trinajstić information content (AvgIpc) is 3.31. The summed E-state index contributed by atoms with van der Waals surface area (Å²) >= 11 is 0. The van der Waals surface area contributed by atoms with Crippen LogP contribution >= 0.6 is 0 Å². The highest BCUT2D eigenvalue weighted by molar-refractivity contribution is 7.89. The van der Waals surface area contributed by atoms with Crippen molar-refractivity contribution in [2.75, 3.05) is 19.0 Å². The summed E-state index contributed by atoms with van der Waals surface area (Å²) in [6.45, 7) is 2.96. The molecular formula is C27H27FN4O4S. The Hall–Kier alpha value is -4.02. The Morgan fingerprint density at radius 1 is 1.03 bits per heavy atom. The van der Waals surface area contributed by atoms with E-state index in [9.17, 15) is 17.6 Å². The summed E-state index contributed by atoms with van der Waals surface area (Å²) in [7, 11) is -2.48. The van der Waals surface area contributed by atoms with Gasteiger partial charge in [0, 0.05) is 23.5 Å². The van der Waals surface area contributed by atoms with Gasteiger partial charge in [-0.3, -0.25) is 14.7 Å². The van der Waals surface area contributed by atoms with Gasteiger partial charge < -0.3 is 4.74 Å². The molecular weight excluding hydrogens is 495 g/mol. The summed E-state index contributed by atoms with van der Waals surface area (Å²) in [5, 5.41) is 2.73. The van der Waals surface area contributed by atoms with E-state index in [0.29, 0.717) is 17.1 Å². The van der Waals surface area contributed by atoms with E-state index in [4.69, 9.17) is 4.74 Å². The molecule has 0 bridgehead atoms. The molecule has 1 N–H and O–H groups in total. The molecule has 192 valence electrons. The zero-order chi connectivity index (χ0) is 26.6. The molecule has 0 aliphatic rings. The SMILES string of the molecule is COc1ccc(S(=O)(=O)N(CC(=O)Nc2nc(-c3ccccc3)cn2-c2ccc(F)cc2)C(C)C)cc1. The van der Waals surface area contributed by atoms with Gasteiger partial charge in [0.1, 0.15) is 11.6 Å². The third-order valence-corrected chi connectivity index (χ3v) is 7.71. The van der Waals surface area contributed by atoms with Crippen molar-refractivity contribution < 1.29 is 22.3 Å². The molecule has 0 atom stereocenters. The second-order valence-electron chi connectivity index (χ2n) is 8.53. The maximum atomic E-state index is 13.5. The third-order valence-electron chi connectivity index (χ3n) is 5.67. The van der Waals surface area contributed by atoms with E-state index in [1.807, 2.05) is 30.3 Å². The minimum Gasteiger partial charge on any atom is -0.497 e. The molecule has 4 aromatic rings. The molecule has 0 fully saturated rings. The molecule has 0 spiro atoms. The molecule has 0 aliphatic heterocycles. The highest BCUT2D eigenvalue weighted by Crippen LogP contribution is 2.25. The molecule has 0 unspecified atom stereocenters. The Bertz CT molecular complexity index is 1470. The van der Waals surface area contributed by atoms with Crippen molar-refractivity contribution >= 4 is 21.9 Å². The predicted octanol–water partition coefficient (Wildman–Crippen LogP) is 4.72.